The lowest BCUT2D eigenvalue weighted by Crippen LogP contribution is -2.28. The number of fused-ring (bicyclic) bond motifs is 1. The number of aromatic nitrogens is 2. The van der Waals surface area contributed by atoms with Gasteiger partial charge in [0.25, 0.3) is 0 Å². The quantitative estimate of drug-likeness (QED) is 0.293. The van der Waals surface area contributed by atoms with Crippen molar-refractivity contribution in [2.24, 2.45) is 0 Å². The molecule has 0 saturated carbocycles. The molecule has 2 aromatic rings. The third-order valence-corrected chi connectivity index (χ3v) is 5.80. The van der Waals surface area contributed by atoms with Gasteiger partial charge in [-0.3, -0.25) is 0 Å². The minimum absolute atomic E-state index is 0.0891. The van der Waals surface area contributed by atoms with Gasteiger partial charge in [0.2, 0.25) is 0 Å². The average molecular weight is 473 g/mol. The Kier molecular flexibility index (Phi) is 4.63. The zero-order valence-corrected chi connectivity index (χ0v) is 14.8. The van der Waals surface area contributed by atoms with E-state index in [1.807, 2.05) is 22.0 Å². The first-order valence-corrected chi connectivity index (χ1v) is 11.0. The Balaban J connectivity index is 2.69. The molecule has 0 spiro atoms. The summed E-state index contributed by atoms with van der Waals surface area (Å²) in [5.41, 5.74) is -5.03. The van der Waals surface area contributed by atoms with Gasteiger partial charge >= 0.3 is 15.6 Å². The number of rotatable bonds is 3. The van der Waals surface area contributed by atoms with E-state index in [0.717, 1.165) is 0 Å². The summed E-state index contributed by atoms with van der Waals surface area (Å²) in [6.45, 7) is 1.37. The summed E-state index contributed by atoms with van der Waals surface area (Å²) in [4.78, 5) is 0. The molecule has 1 atom stereocenters. The predicted octanol–water partition coefficient (Wildman–Crippen LogP) is 4.02. The predicted molar refractivity (Wildman–Crippen MR) is 82.8 cm³/mol. The van der Waals surface area contributed by atoms with Gasteiger partial charge in [0.05, 0.1) is 23.5 Å². The Morgan fingerprint density at radius 1 is 1.48 bits per heavy atom. The molecule has 0 aliphatic heterocycles. The molecule has 0 saturated heterocycles. The average Bonchev–Trinajstić information content (AvgIpc) is 2.76. The fourth-order valence-electron chi connectivity index (χ4n) is 1.54. The molecule has 12 heteroatoms. The second kappa shape index (κ2) is 5.71. The van der Waals surface area contributed by atoms with Crippen LogP contribution in [0, 0.1) is 6.92 Å². The maximum Gasteiger partial charge on any atom is 0.534 e. The molecule has 2 rings (SSSR count). The standard InChI is InChI=1S/C9H6ClF3IN2O3PS/c1-4-6(10)2-7-5(3-15-16(7)20-14)8(4)19-21(17,18)9(11,12)13/h2-3,20H,1H3. The first kappa shape index (κ1) is 17.0. The maximum absolute atomic E-state index is 12.5. The minimum Gasteiger partial charge on any atom is -0.375 e. The fourth-order valence-corrected chi connectivity index (χ4v) is 3.79. The van der Waals surface area contributed by atoms with Crippen molar-refractivity contribution in [3.63, 3.8) is 0 Å². The highest BCUT2D eigenvalue weighted by Crippen LogP contribution is 2.40. The highest BCUT2D eigenvalue weighted by Gasteiger charge is 2.49. The molecule has 0 amide bonds. The van der Waals surface area contributed by atoms with Crippen molar-refractivity contribution >= 4 is 61.0 Å². The Morgan fingerprint density at radius 2 is 2.10 bits per heavy atom. The maximum atomic E-state index is 12.5. The lowest BCUT2D eigenvalue weighted by atomic mass is 10.1. The monoisotopic (exact) mass is 472 g/mol. The van der Waals surface area contributed by atoms with Gasteiger partial charge in [-0.1, -0.05) is 11.6 Å². The van der Waals surface area contributed by atoms with Crippen LogP contribution in [0.1, 0.15) is 5.56 Å². The van der Waals surface area contributed by atoms with Gasteiger partial charge in [-0.25, -0.2) is 4.45 Å². The molecule has 0 N–H and O–H groups in total. The van der Waals surface area contributed by atoms with Crippen LogP contribution < -0.4 is 4.18 Å². The van der Waals surface area contributed by atoms with Crippen LogP contribution in [0.15, 0.2) is 12.3 Å². The van der Waals surface area contributed by atoms with Crippen LogP contribution in [0.3, 0.4) is 0 Å². The number of nitrogens with zero attached hydrogens (tertiary/aromatic N) is 2. The molecule has 1 aromatic heterocycles. The van der Waals surface area contributed by atoms with Crippen molar-refractivity contribution in [1.29, 1.82) is 0 Å². The molecule has 0 aliphatic carbocycles. The van der Waals surface area contributed by atoms with Crippen molar-refractivity contribution in [3.8, 4) is 5.75 Å². The van der Waals surface area contributed by atoms with Gasteiger partial charge < -0.3 is 4.18 Å². The molecular formula is C9H6ClF3IN2O3PS. The van der Waals surface area contributed by atoms with E-state index in [1.165, 1.54) is 23.6 Å². The van der Waals surface area contributed by atoms with Crippen LogP contribution in [-0.4, -0.2) is 23.5 Å². The number of hydrogen-bond donors (Lipinski definition) is 0. The summed E-state index contributed by atoms with van der Waals surface area (Å²) in [5.74, 6) is -0.462. The smallest absolute Gasteiger partial charge is 0.375 e. The van der Waals surface area contributed by atoms with E-state index in [0.29, 0.717) is 5.52 Å². The topological polar surface area (TPSA) is 61.2 Å². The van der Waals surface area contributed by atoms with E-state index in [1.54, 1.807) is 0 Å². The Hall–Kier alpha value is -0.320. The molecule has 0 bridgehead atoms. The second-order valence-electron chi connectivity index (χ2n) is 3.87. The van der Waals surface area contributed by atoms with Crippen LogP contribution in [-0.2, 0) is 10.1 Å². The third kappa shape index (κ3) is 3.08. The second-order valence-corrected chi connectivity index (χ2v) is 7.85. The molecule has 0 radical (unpaired) electrons. The van der Waals surface area contributed by atoms with E-state index in [-0.39, 0.29) is 22.3 Å². The lowest BCUT2D eigenvalue weighted by Gasteiger charge is -2.13. The van der Waals surface area contributed by atoms with Gasteiger partial charge in [0.1, 0.15) is 0 Å². The highest BCUT2D eigenvalue weighted by atomic mass is 127. The number of benzene rings is 1. The van der Waals surface area contributed by atoms with Crippen molar-refractivity contribution in [3.05, 3.63) is 22.8 Å². The SMILES string of the molecule is Cc1c(Cl)cc2c(cnn2PI)c1OS(=O)(=O)C(F)(F)F. The molecule has 1 unspecified atom stereocenters. The van der Waals surface area contributed by atoms with Gasteiger partial charge in [0.15, 0.2) is 5.75 Å². The fraction of sp³-hybridized carbons (Fsp3) is 0.222. The van der Waals surface area contributed by atoms with Gasteiger partial charge in [0, 0.05) is 10.6 Å². The molecule has 0 fully saturated rings. The van der Waals surface area contributed by atoms with Crippen molar-refractivity contribution < 1.29 is 25.8 Å². The number of hydrogen-bond acceptors (Lipinski definition) is 4. The molecular weight excluding hydrogens is 467 g/mol. The summed E-state index contributed by atoms with van der Waals surface area (Å²) >= 11 is 7.94. The van der Waals surface area contributed by atoms with Gasteiger partial charge in [-0.2, -0.15) is 26.7 Å². The van der Waals surface area contributed by atoms with Crippen LogP contribution >= 0.6 is 40.0 Å². The van der Waals surface area contributed by atoms with Gasteiger partial charge in [-0.15, -0.1) is 0 Å². The van der Waals surface area contributed by atoms with E-state index < -0.39 is 21.4 Å². The zero-order chi connectivity index (χ0) is 16.0. The Bertz CT molecular complexity index is 809. The van der Waals surface area contributed by atoms with E-state index in [2.05, 4.69) is 9.28 Å². The minimum atomic E-state index is -5.77. The molecule has 5 nitrogen and oxygen atoms in total. The van der Waals surface area contributed by atoms with Crippen LogP contribution in [0.5, 0.6) is 5.75 Å². The lowest BCUT2D eigenvalue weighted by molar-refractivity contribution is -0.0499. The Morgan fingerprint density at radius 3 is 2.62 bits per heavy atom. The third-order valence-electron chi connectivity index (χ3n) is 2.57. The van der Waals surface area contributed by atoms with Crippen LogP contribution in [0.4, 0.5) is 13.2 Å². The molecule has 21 heavy (non-hydrogen) atoms. The van der Waals surface area contributed by atoms with Crippen LogP contribution in [0.25, 0.3) is 10.9 Å². The number of alkyl halides is 3. The van der Waals surface area contributed by atoms with Crippen molar-refractivity contribution in [2.45, 2.75) is 12.4 Å². The summed E-state index contributed by atoms with van der Waals surface area (Å²) in [6, 6.07) is 1.50. The summed E-state index contributed by atoms with van der Waals surface area (Å²) in [7, 11) is -5.77. The van der Waals surface area contributed by atoms with Crippen molar-refractivity contribution in [2.75, 3.05) is 0 Å². The van der Waals surface area contributed by atoms with E-state index >= 15 is 0 Å². The molecule has 1 aromatic carbocycles. The largest absolute Gasteiger partial charge is 0.534 e. The van der Waals surface area contributed by atoms with E-state index in [9.17, 15) is 21.6 Å². The summed E-state index contributed by atoms with van der Waals surface area (Å²) in [6.07, 6.45) is 1.41. The Labute approximate surface area is 137 Å². The van der Waals surface area contributed by atoms with Crippen LogP contribution in [0.2, 0.25) is 5.02 Å². The zero-order valence-electron chi connectivity index (χ0n) is 10.1. The first-order valence-electron chi connectivity index (χ1n) is 5.12. The number of halogens is 5. The normalized spacial score (nSPS) is 13.4. The summed E-state index contributed by atoms with van der Waals surface area (Å²) < 4.78 is 65.5. The summed E-state index contributed by atoms with van der Waals surface area (Å²) in [5, 5.41) is 4.19. The highest BCUT2D eigenvalue weighted by molar-refractivity contribution is 14.2. The molecule has 1 heterocycles. The molecule has 0 aliphatic rings. The van der Waals surface area contributed by atoms with Crippen molar-refractivity contribution in [1.82, 2.24) is 9.55 Å². The first-order chi connectivity index (χ1) is 9.58. The molecule has 116 valence electrons. The van der Waals surface area contributed by atoms with Gasteiger partial charge in [-0.05, 0) is 35.0 Å². The van der Waals surface area contributed by atoms with E-state index in [4.69, 9.17) is 11.6 Å².